The van der Waals surface area contributed by atoms with Gasteiger partial charge in [-0.1, -0.05) is 48.5 Å². The minimum atomic E-state index is -0.642. The molecule has 0 bridgehead atoms. The molecule has 2 amide bonds. The molecule has 0 unspecified atom stereocenters. The number of methoxy groups -OCH3 is 1. The number of imidazole rings is 1. The maximum atomic E-state index is 13.9. The van der Waals surface area contributed by atoms with E-state index in [4.69, 9.17) is 14.5 Å². The van der Waals surface area contributed by atoms with Gasteiger partial charge >= 0.3 is 6.09 Å². The van der Waals surface area contributed by atoms with E-state index in [9.17, 15) is 9.59 Å². The molecule has 1 aliphatic rings. The Morgan fingerprint density at radius 1 is 1.00 bits per heavy atom. The summed E-state index contributed by atoms with van der Waals surface area (Å²) < 4.78 is 13.2. The van der Waals surface area contributed by atoms with Crippen LogP contribution >= 0.6 is 0 Å². The van der Waals surface area contributed by atoms with Gasteiger partial charge in [-0.3, -0.25) is 4.79 Å². The van der Waals surface area contributed by atoms with Crippen LogP contribution in [-0.2, 0) is 27.2 Å². The number of anilines is 1. The van der Waals surface area contributed by atoms with E-state index in [0.29, 0.717) is 26.1 Å². The van der Waals surface area contributed by atoms with E-state index in [2.05, 4.69) is 75.4 Å². The number of rotatable bonds is 12. The molecule has 2 heterocycles. The van der Waals surface area contributed by atoms with Crippen molar-refractivity contribution in [2.45, 2.75) is 77.0 Å². The Morgan fingerprint density at radius 2 is 1.69 bits per heavy atom. The van der Waals surface area contributed by atoms with Crippen LogP contribution < -0.4 is 10.2 Å². The largest absolute Gasteiger partial charge is 0.444 e. The number of ether oxygens (including phenoxy) is 2. The molecule has 5 rings (SSSR count). The first-order chi connectivity index (χ1) is 23.0. The van der Waals surface area contributed by atoms with Gasteiger partial charge in [0.05, 0.1) is 11.0 Å². The Hall–Kier alpha value is -4.37. The first kappa shape index (κ1) is 35.0. The Labute approximate surface area is 285 Å². The molecule has 0 spiro atoms. The summed E-state index contributed by atoms with van der Waals surface area (Å²) in [5.41, 5.74) is 5.89. The summed E-state index contributed by atoms with van der Waals surface area (Å²) in [5.74, 6) is 1.19. The summed E-state index contributed by atoms with van der Waals surface area (Å²) in [5, 5.41) is 3.01. The van der Waals surface area contributed by atoms with Crippen LogP contribution in [0.25, 0.3) is 22.2 Å². The van der Waals surface area contributed by atoms with Gasteiger partial charge in [0, 0.05) is 71.5 Å². The molecule has 4 aromatic rings. The van der Waals surface area contributed by atoms with Crippen LogP contribution in [0.3, 0.4) is 0 Å². The molecule has 256 valence electrons. The summed E-state index contributed by atoms with van der Waals surface area (Å²) in [6.45, 7) is 8.32. The van der Waals surface area contributed by atoms with Gasteiger partial charge in [0.1, 0.15) is 11.4 Å². The minimum Gasteiger partial charge on any atom is -0.444 e. The van der Waals surface area contributed by atoms with E-state index in [1.807, 2.05) is 51.9 Å². The van der Waals surface area contributed by atoms with E-state index in [0.717, 1.165) is 65.0 Å². The van der Waals surface area contributed by atoms with Crippen LogP contribution in [-0.4, -0.2) is 79.0 Å². The molecule has 1 saturated heterocycles. The number of fused-ring (bicyclic) bond motifs is 1. The van der Waals surface area contributed by atoms with Gasteiger partial charge < -0.3 is 29.2 Å². The first-order valence-electron chi connectivity index (χ1n) is 17.1. The average Bonchev–Trinajstić information content (AvgIpc) is 3.43. The van der Waals surface area contributed by atoms with Gasteiger partial charge in [-0.2, -0.15) is 0 Å². The van der Waals surface area contributed by atoms with Gasteiger partial charge in [0.15, 0.2) is 0 Å². The van der Waals surface area contributed by atoms with Crippen LogP contribution in [0.1, 0.15) is 63.8 Å². The van der Waals surface area contributed by atoms with Crippen LogP contribution in [0, 0.1) is 0 Å². The molecular formula is C39H51N5O4. The standard InChI is InChI=1S/C39H51N5O4/c1-39(2,3)48-38(46)40-32(25-28-14-16-29(17-15-28)30-18-20-33(21-19-30)42(4)5)26-36(45)43-22-9-11-31(27-43)37-41-34-12-7-8-13-35(34)44(37)23-10-24-47-6/h7-8,12-21,31-32H,9-11,22-27H2,1-6H3,(H,40,46)/t31-,32-/m1/s1. The maximum absolute atomic E-state index is 13.9. The quantitative estimate of drug-likeness (QED) is 0.165. The molecular weight excluding hydrogens is 602 g/mol. The third kappa shape index (κ3) is 9.16. The lowest BCUT2D eigenvalue weighted by Crippen LogP contribution is -2.46. The second kappa shape index (κ2) is 15.7. The fourth-order valence-electron chi connectivity index (χ4n) is 6.48. The number of nitrogens with one attached hydrogen (secondary N) is 1. The van der Waals surface area contributed by atoms with Crippen molar-refractivity contribution < 1.29 is 19.1 Å². The van der Waals surface area contributed by atoms with Crippen molar-refractivity contribution in [3.63, 3.8) is 0 Å². The van der Waals surface area contributed by atoms with Crippen LogP contribution in [0.5, 0.6) is 0 Å². The second-order valence-corrected chi connectivity index (χ2v) is 14.0. The number of likely N-dealkylation sites (tertiary alicyclic amines) is 1. The molecule has 9 heteroatoms. The monoisotopic (exact) mass is 653 g/mol. The number of aromatic nitrogens is 2. The second-order valence-electron chi connectivity index (χ2n) is 14.0. The summed E-state index contributed by atoms with van der Waals surface area (Å²) >= 11 is 0. The molecule has 1 fully saturated rings. The third-order valence-corrected chi connectivity index (χ3v) is 8.85. The van der Waals surface area contributed by atoms with Crippen molar-refractivity contribution in [3.8, 4) is 11.1 Å². The van der Waals surface area contributed by atoms with Crippen molar-refractivity contribution in [1.29, 1.82) is 0 Å². The molecule has 0 saturated carbocycles. The van der Waals surface area contributed by atoms with Crippen molar-refractivity contribution in [2.24, 2.45) is 0 Å². The number of aryl methyl sites for hydroxylation is 1. The van der Waals surface area contributed by atoms with Gasteiger partial charge in [0.25, 0.3) is 0 Å². The van der Waals surface area contributed by atoms with Crippen LogP contribution in [0.15, 0.2) is 72.8 Å². The van der Waals surface area contributed by atoms with Gasteiger partial charge in [-0.05, 0) is 87.4 Å². The van der Waals surface area contributed by atoms with Gasteiger partial charge in [0.2, 0.25) is 5.91 Å². The molecule has 3 aromatic carbocycles. The number of alkyl carbamates (subject to hydrolysis) is 1. The van der Waals surface area contributed by atoms with Crippen LogP contribution in [0.2, 0.25) is 0 Å². The fraction of sp³-hybridized carbons (Fsp3) is 0.462. The average molecular weight is 654 g/mol. The highest BCUT2D eigenvalue weighted by atomic mass is 16.6. The SMILES string of the molecule is COCCCn1c([C@@H]2CCCN(C(=O)C[C@@H](Cc3ccc(-c4ccc(N(C)C)cc4)cc3)NC(=O)OC(C)(C)C)C2)nc2ccccc21. The number of carbonyl (C=O) groups is 2. The summed E-state index contributed by atoms with van der Waals surface area (Å²) in [6.07, 6.45) is 2.95. The molecule has 1 aromatic heterocycles. The number of hydrogen-bond donors (Lipinski definition) is 1. The molecule has 0 radical (unpaired) electrons. The van der Waals surface area contributed by atoms with Crippen molar-refractivity contribution >= 4 is 28.7 Å². The van der Waals surface area contributed by atoms with E-state index in [-0.39, 0.29) is 18.2 Å². The number of amides is 2. The number of para-hydroxylation sites is 2. The number of benzene rings is 3. The predicted octanol–water partition coefficient (Wildman–Crippen LogP) is 7.04. The molecule has 2 atom stereocenters. The number of hydrogen-bond acceptors (Lipinski definition) is 6. The predicted molar refractivity (Wildman–Crippen MR) is 192 cm³/mol. The topological polar surface area (TPSA) is 88.9 Å². The van der Waals surface area contributed by atoms with Gasteiger partial charge in [-0.15, -0.1) is 0 Å². The minimum absolute atomic E-state index is 0.0282. The molecule has 0 aliphatic carbocycles. The number of nitrogens with zero attached hydrogens (tertiary/aromatic N) is 4. The zero-order chi connectivity index (χ0) is 34.3. The van der Waals surface area contributed by atoms with Gasteiger partial charge in [-0.25, -0.2) is 9.78 Å². The smallest absolute Gasteiger partial charge is 0.407 e. The lowest BCUT2D eigenvalue weighted by atomic mass is 9.95. The van der Waals surface area contributed by atoms with Crippen LogP contribution in [0.4, 0.5) is 10.5 Å². The van der Waals surface area contributed by atoms with E-state index in [1.54, 1.807) is 7.11 Å². The zero-order valence-corrected chi connectivity index (χ0v) is 29.4. The van der Waals surface area contributed by atoms with Crippen molar-refractivity contribution in [1.82, 2.24) is 19.8 Å². The van der Waals surface area contributed by atoms with E-state index >= 15 is 0 Å². The lowest BCUT2D eigenvalue weighted by Gasteiger charge is -2.34. The number of carbonyl (C=O) groups excluding carboxylic acids is 2. The highest BCUT2D eigenvalue weighted by Crippen LogP contribution is 2.30. The summed E-state index contributed by atoms with van der Waals surface area (Å²) in [4.78, 5) is 35.9. The van der Waals surface area contributed by atoms with Crippen molar-refractivity contribution in [3.05, 3.63) is 84.2 Å². The first-order valence-corrected chi connectivity index (χ1v) is 17.1. The third-order valence-electron chi connectivity index (χ3n) is 8.85. The van der Waals surface area contributed by atoms with E-state index < -0.39 is 17.7 Å². The maximum Gasteiger partial charge on any atom is 0.407 e. The highest BCUT2D eigenvalue weighted by Gasteiger charge is 2.30. The Bertz CT molecular complexity index is 1660. The highest BCUT2D eigenvalue weighted by molar-refractivity contribution is 5.79. The number of piperidine rings is 1. The summed E-state index contributed by atoms with van der Waals surface area (Å²) in [6, 6.07) is 24.6. The zero-order valence-electron chi connectivity index (χ0n) is 29.4. The molecule has 1 aliphatic heterocycles. The van der Waals surface area contributed by atoms with Crippen molar-refractivity contribution in [2.75, 3.05) is 45.8 Å². The fourth-order valence-corrected chi connectivity index (χ4v) is 6.48. The Balaban J connectivity index is 1.30. The Kier molecular flexibility index (Phi) is 11.4. The van der Waals surface area contributed by atoms with E-state index in [1.165, 1.54) is 0 Å². The lowest BCUT2D eigenvalue weighted by molar-refractivity contribution is -0.132. The molecule has 1 N–H and O–H groups in total. The normalized spacial score (nSPS) is 15.7. The molecule has 48 heavy (non-hydrogen) atoms. The molecule has 9 nitrogen and oxygen atoms in total. The Morgan fingerprint density at radius 3 is 2.35 bits per heavy atom. The summed E-state index contributed by atoms with van der Waals surface area (Å²) in [7, 11) is 5.79.